The summed E-state index contributed by atoms with van der Waals surface area (Å²) in [5.41, 5.74) is -0.929. The van der Waals surface area contributed by atoms with Gasteiger partial charge in [0.25, 0.3) is 0 Å². The monoisotopic (exact) mass is 320 g/mol. The molecule has 0 radical (unpaired) electrons. The molecular weight excluding hydrogens is 322 g/mol. The SMILES string of the molecule is N#Cc1c(F)c(Br)c(C#N)c(Br)c1F. The molecule has 70 valence electrons. The minimum Gasteiger partial charge on any atom is -0.204 e. The van der Waals surface area contributed by atoms with Crippen LogP contribution in [0.4, 0.5) is 8.78 Å². The van der Waals surface area contributed by atoms with Crippen LogP contribution in [-0.2, 0) is 0 Å². The third-order valence-electron chi connectivity index (χ3n) is 1.49. The number of nitriles is 2. The molecule has 6 heteroatoms. The average molecular weight is 322 g/mol. The van der Waals surface area contributed by atoms with Crippen molar-refractivity contribution in [1.29, 1.82) is 10.5 Å². The largest absolute Gasteiger partial charge is 0.204 e. The Hall–Kier alpha value is -0.980. The summed E-state index contributed by atoms with van der Waals surface area (Å²) >= 11 is 5.54. The van der Waals surface area contributed by atoms with Crippen molar-refractivity contribution in [3.05, 3.63) is 31.7 Å². The molecule has 0 aliphatic rings. The van der Waals surface area contributed by atoms with E-state index in [2.05, 4.69) is 31.9 Å². The molecule has 0 heterocycles. The molecule has 0 saturated heterocycles. The Labute approximate surface area is 95.0 Å². The fourth-order valence-corrected chi connectivity index (χ4v) is 2.06. The minimum atomic E-state index is -1.07. The quantitative estimate of drug-likeness (QED) is 0.689. The normalized spacial score (nSPS) is 9.29. The van der Waals surface area contributed by atoms with Gasteiger partial charge in [-0.1, -0.05) is 0 Å². The summed E-state index contributed by atoms with van der Waals surface area (Å²) in [5, 5.41) is 17.0. The highest BCUT2D eigenvalue weighted by Gasteiger charge is 2.21. The van der Waals surface area contributed by atoms with Gasteiger partial charge >= 0.3 is 0 Å². The number of benzene rings is 1. The van der Waals surface area contributed by atoms with Crippen molar-refractivity contribution >= 4 is 31.9 Å². The van der Waals surface area contributed by atoms with E-state index in [1.165, 1.54) is 6.07 Å². The highest BCUT2D eigenvalue weighted by Crippen LogP contribution is 2.32. The number of nitrogens with zero attached hydrogens (tertiary/aromatic N) is 2. The maximum Gasteiger partial charge on any atom is 0.159 e. The van der Waals surface area contributed by atoms with Crippen molar-refractivity contribution < 1.29 is 8.78 Å². The summed E-state index contributed by atoms with van der Waals surface area (Å²) in [4.78, 5) is 0. The summed E-state index contributed by atoms with van der Waals surface area (Å²) in [7, 11) is 0. The summed E-state index contributed by atoms with van der Waals surface area (Å²) in [5.74, 6) is -2.13. The molecule has 0 unspecified atom stereocenters. The van der Waals surface area contributed by atoms with E-state index in [9.17, 15) is 8.78 Å². The van der Waals surface area contributed by atoms with Crippen LogP contribution in [0.25, 0.3) is 0 Å². The summed E-state index contributed by atoms with van der Waals surface area (Å²) in [6, 6.07) is 2.99. The molecule has 0 aromatic heterocycles. The van der Waals surface area contributed by atoms with Crippen LogP contribution in [-0.4, -0.2) is 0 Å². The van der Waals surface area contributed by atoms with E-state index in [4.69, 9.17) is 10.5 Å². The third kappa shape index (κ3) is 1.52. The van der Waals surface area contributed by atoms with E-state index in [-0.39, 0.29) is 14.5 Å². The second kappa shape index (κ2) is 4.04. The van der Waals surface area contributed by atoms with Crippen LogP contribution in [0.1, 0.15) is 11.1 Å². The average Bonchev–Trinajstić information content (AvgIpc) is 2.17. The van der Waals surface area contributed by atoms with Crippen LogP contribution < -0.4 is 0 Å². The Kier molecular flexibility index (Phi) is 3.20. The third-order valence-corrected chi connectivity index (χ3v) is 2.98. The van der Waals surface area contributed by atoms with Gasteiger partial charge in [0.15, 0.2) is 11.6 Å². The molecule has 0 spiro atoms. The Balaban J connectivity index is 3.77. The van der Waals surface area contributed by atoms with Gasteiger partial charge in [-0.15, -0.1) is 0 Å². The van der Waals surface area contributed by atoms with Gasteiger partial charge < -0.3 is 0 Å². The number of hydrogen-bond donors (Lipinski definition) is 0. The fraction of sp³-hybridized carbons (Fsp3) is 0. The predicted octanol–water partition coefficient (Wildman–Crippen LogP) is 3.23. The fourth-order valence-electron chi connectivity index (χ4n) is 0.828. The second-order valence-corrected chi connectivity index (χ2v) is 3.82. The number of rotatable bonds is 0. The molecule has 0 aliphatic carbocycles. The zero-order valence-corrected chi connectivity index (χ0v) is 9.58. The number of halogens is 4. The maximum absolute atomic E-state index is 13.2. The van der Waals surface area contributed by atoms with Gasteiger partial charge in [0.1, 0.15) is 17.7 Å². The van der Waals surface area contributed by atoms with Gasteiger partial charge in [-0.2, -0.15) is 10.5 Å². The van der Waals surface area contributed by atoms with Crippen LogP contribution in [0.2, 0.25) is 0 Å². The van der Waals surface area contributed by atoms with Crippen molar-refractivity contribution in [3.63, 3.8) is 0 Å². The smallest absolute Gasteiger partial charge is 0.159 e. The van der Waals surface area contributed by atoms with Gasteiger partial charge in [0.2, 0.25) is 0 Å². The predicted molar refractivity (Wildman–Crippen MR) is 51.2 cm³/mol. The first-order chi connectivity index (χ1) is 6.54. The topological polar surface area (TPSA) is 47.6 Å². The molecule has 2 nitrogen and oxygen atoms in total. The Morgan fingerprint density at radius 3 is 1.50 bits per heavy atom. The van der Waals surface area contributed by atoms with Gasteiger partial charge in [0.05, 0.1) is 14.5 Å². The van der Waals surface area contributed by atoms with E-state index < -0.39 is 17.2 Å². The maximum atomic E-state index is 13.2. The van der Waals surface area contributed by atoms with Gasteiger partial charge in [-0.05, 0) is 31.9 Å². The lowest BCUT2D eigenvalue weighted by atomic mass is 10.1. The standard InChI is InChI=1S/C8Br2F2N2/c9-5-3(1-13)6(10)8(12)4(2-14)7(5)11. The molecule has 0 amide bonds. The molecule has 1 aromatic carbocycles. The molecule has 0 aliphatic heterocycles. The lowest BCUT2D eigenvalue weighted by Gasteiger charge is -2.04. The van der Waals surface area contributed by atoms with E-state index in [1.807, 2.05) is 0 Å². The van der Waals surface area contributed by atoms with E-state index in [1.54, 1.807) is 6.07 Å². The first kappa shape index (κ1) is 11.1. The van der Waals surface area contributed by atoms with Crippen LogP contribution >= 0.6 is 31.9 Å². The second-order valence-electron chi connectivity index (χ2n) is 2.23. The Bertz CT molecular complexity index is 412. The Morgan fingerprint density at radius 2 is 1.21 bits per heavy atom. The molecule has 14 heavy (non-hydrogen) atoms. The summed E-state index contributed by atoms with van der Waals surface area (Å²) in [6.45, 7) is 0. The number of hydrogen-bond acceptors (Lipinski definition) is 2. The zero-order valence-electron chi connectivity index (χ0n) is 6.41. The van der Waals surface area contributed by atoms with Crippen molar-refractivity contribution in [2.45, 2.75) is 0 Å². The molecule has 0 bridgehead atoms. The van der Waals surface area contributed by atoms with Gasteiger partial charge in [0, 0.05) is 0 Å². The van der Waals surface area contributed by atoms with E-state index in [0.717, 1.165) is 0 Å². The van der Waals surface area contributed by atoms with Crippen molar-refractivity contribution in [2.75, 3.05) is 0 Å². The highest BCUT2D eigenvalue weighted by atomic mass is 79.9. The first-order valence-electron chi connectivity index (χ1n) is 3.20. The van der Waals surface area contributed by atoms with Gasteiger partial charge in [-0.25, -0.2) is 8.78 Å². The molecule has 1 aromatic rings. The molecular formula is C8Br2F2N2. The van der Waals surface area contributed by atoms with Crippen molar-refractivity contribution in [2.24, 2.45) is 0 Å². The van der Waals surface area contributed by atoms with Crippen LogP contribution in [0.15, 0.2) is 8.95 Å². The summed E-state index contributed by atoms with van der Waals surface area (Å²) in [6.07, 6.45) is 0. The Morgan fingerprint density at radius 1 is 0.857 bits per heavy atom. The molecule has 0 atom stereocenters. The van der Waals surface area contributed by atoms with Crippen molar-refractivity contribution in [3.8, 4) is 12.1 Å². The van der Waals surface area contributed by atoms with E-state index >= 15 is 0 Å². The highest BCUT2D eigenvalue weighted by molar-refractivity contribution is 9.11. The van der Waals surface area contributed by atoms with Crippen LogP contribution in [0.3, 0.4) is 0 Å². The molecule has 0 fully saturated rings. The first-order valence-corrected chi connectivity index (χ1v) is 4.79. The zero-order chi connectivity index (χ0) is 10.9. The minimum absolute atomic E-state index is 0.209. The lowest BCUT2D eigenvalue weighted by molar-refractivity contribution is 0.567. The lowest BCUT2D eigenvalue weighted by Crippen LogP contribution is -1.97. The van der Waals surface area contributed by atoms with Crippen molar-refractivity contribution in [1.82, 2.24) is 0 Å². The van der Waals surface area contributed by atoms with Crippen LogP contribution in [0.5, 0.6) is 0 Å². The molecule has 0 saturated carbocycles. The van der Waals surface area contributed by atoms with E-state index in [0.29, 0.717) is 0 Å². The summed E-state index contributed by atoms with van der Waals surface area (Å²) < 4.78 is 26.0. The molecule has 1 rings (SSSR count). The molecule has 0 N–H and O–H groups in total. The van der Waals surface area contributed by atoms with Crippen LogP contribution in [0, 0.1) is 34.3 Å². The van der Waals surface area contributed by atoms with Gasteiger partial charge in [-0.3, -0.25) is 0 Å².